The molecule has 3 heteroatoms. The maximum Gasteiger partial charge on any atom is 0.224 e. The van der Waals surface area contributed by atoms with Crippen LogP contribution in [0.1, 0.15) is 52.0 Å². The number of anilines is 1. The van der Waals surface area contributed by atoms with Crippen LogP contribution in [-0.4, -0.2) is 11.7 Å². The van der Waals surface area contributed by atoms with Gasteiger partial charge < -0.3 is 5.32 Å². The molecule has 0 bridgehead atoms. The second-order valence-electron chi connectivity index (χ2n) is 5.43. The van der Waals surface area contributed by atoms with E-state index in [4.69, 9.17) is 0 Å². The lowest BCUT2D eigenvalue weighted by Crippen LogP contribution is -2.09. The zero-order valence-electron chi connectivity index (χ0n) is 12.7. The number of rotatable bonds is 8. The molecule has 110 valence electrons. The van der Waals surface area contributed by atoms with Gasteiger partial charge in [-0.3, -0.25) is 9.59 Å². The maximum atomic E-state index is 11.5. The first-order chi connectivity index (χ1) is 9.52. The lowest BCUT2D eigenvalue weighted by Gasteiger charge is -2.07. The molecule has 1 aromatic rings. The average molecular weight is 275 g/mol. The number of amides is 1. The quantitative estimate of drug-likeness (QED) is 0.730. The number of nitrogens with one attached hydrogen (secondary N) is 1. The Morgan fingerprint density at radius 1 is 1.20 bits per heavy atom. The number of benzene rings is 1. The zero-order valence-corrected chi connectivity index (χ0v) is 12.7. The maximum absolute atomic E-state index is 11.5. The molecular formula is C17H25NO2. The molecule has 0 aromatic heterocycles. The van der Waals surface area contributed by atoms with Crippen LogP contribution in [0.4, 0.5) is 5.69 Å². The number of aryl methyl sites for hydroxylation is 1. The third-order valence-electron chi connectivity index (χ3n) is 3.31. The molecule has 1 aromatic carbocycles. The van der Waals surface area contributed by atoms with E-state index in [2.05, 4.69) is 11.4 Å². The van der Waals surface area contributed by atoms with E-state index in [0.29, 0.717) is 18.6 Å². The first-order valence-electron chi connectivity index (χ1n) is 7.44. The minimum Gasteiger partial charge on any atom is -0.326 e. The van der Waals surface area contributed by atoms with Crippen LogP contribution in [0.15, 0.2) is 24.3 Å². The Labute approximate surface area is 121 Å². The van der Waals surface area contributed by atoms with Crippen LogP contribution in [0.3, 0.4) is 0 Å². The molecule has 0 saturated heterocycles. The van der Waals surface area contributed by atoms with Gasteiger partial charge in [-0.2, -0.15) is 0 Å². The highest BCUT2D eigenvalue weighted by atomic mass is 16.1. The highest BCUT2D eigenvalue weighted by molar-refractivity contribution is 5.90. The SMILES string of the molecule is CCC(=O)Nc1cccc(CCCCC(=O)C(C)C)c1. The van der Waals surface area contributed by atoms with Gasteiger partial charge >= 0.3 is 0 Å². The molecule has 3 nitrogen and oxygen atoms in total. The van der Waals surface area contributed by atoms with Crippen molar-refractivity contribution in [1.82, 2.24) is 0 Å². The van der Waals surface area contributed by atoms with Crippen molar-refractivity contribution in [3.63, 3.8) is 0 Å². The summed E-state index contributed by atoms with van der Waals surface area (Å²) in [6.45, 7) is 5.73. The molecule has 1 N–H and O–H groups in total. The highest BCUT2D eigenvalue weighted by Gasteiger charge is 2.06. The summed E-state index contributed by atoms with van der Waals surface area (Å²) >= 11 is 0. The average Bonchev–Trinajstić information content (AvgIpc) is 2.43. The van der Waals surface area contributed by atoms with E-state index in [0.717, 1.165) is 24.9 Å². The summed E-state index contributed by atoms with van der Waals surface area (Å²) < 4.78 is 0. The second-order valence-corrected chi connectivity index (χ2v) is 5.43. The normalized spacial score (nSPS) is 10.6. The zero-order chi connectivity index (χ0) is 15.0. The predicted octanol–water partition coefficient (Wildman–Crippen LogP) is 3.97. The van der Waals surface area contributed by atoms with Gasteiger partial charge in [0.2, 0.25) is 5.91 Å². The van der Waals surface area contributed by atoms with Crippen molar-refractivity contribution in [2.45, 2.75) is 52.9 Å². The number of Topliss-reactive ketones (excluding diaryl/α,β-unsaturated/α-hetero) is 1. The smallest absolute Gasteiger partial charge is 0.224 e. The van der Waals surface area contributed by atoms with Crippen molar-refractivity contribution in [2.24, 2.45) is 5.92 Å². The van der Waals surface area contributed by atoms with Crippen molar-refractivity contribution in [3.8, 4) is 0 Å². The van der Waals surface area contributed by atoms with Gasteiger partial charge in [0.25, 0.3) is 0 Å². The fraction of sp³-hybridized carbons (Fsp3) is 0.529. The van der Waals surface area contributed by atoms with E-state index in [1.165, 1.54) is 5.56 Å². The van der Waals surface area contributed by atoms with Gasteiger partial charge in [0.05, 0.1) is 0 Å². The van der Waals surface area contributed by atoms with Crippen molar-refractivity contribution in [3.05, 3.63) is 29.8 Å². The third-order valence-corrected chi connectivity index (χ3v) is 3.31. The summed E-state index contributed by atoms with van der Waals surface area (Å²) in [5, 5.41) is 2.86. The van der Waals surface area contributed by atoms with Crippen LogP contribution in [0, 0.1) is 5.92 Å². The van der Waals surface area contributed by atoms with Crippen LogP contribution in [0.5, 0.6) is 0 Å². The topological polar surface area (TPSA) is 46.2 Å². The van der Waals surface area contributed by atoms with Crippen LogP contribution in [0.25, 0.3) is 0 Å². The van der Waals surface area contributed by atoms with E-state index < -0.39 is 0 Å². The van der Waals surface area contributed by atoms with E-state index in [1.807, 2.05) is 39.0 Å². The van der Waals surface area contributed by atoms with Crippen molar-refractivity contribution in [1.29, 1.82) is 0 Å². The standard InChI is InChI=1S/C17H25NO2/c1-4-17(20)18-15-10-7-9-14(12-15)8-5-6-11-16(19)13(2)3/h7,9-10,12-13H,4-6,8,11H2,1-3H3,(H,18,20). The fourth-order valence-corrected chi connectivity index (χ4v) is 1.97. The number of ketones is 1. The molecule has 0 aliphatic heterocycles. The first kappa shape index (κ1) is 16.4. The fourth-order valence-electron chi connectivity index (χ4n) is 1.97. The number of hydrogen-bond donors (Lipinski definition) is 1. The van der Waals surface area contributed by atoms with Crippen LogP contribution in [0.2, 0.25) is 0 Å². The molecule has 20 heavy (non-hydrogen) atoms. The Morgan fingerprint density at radius 2 is 1.95 bits per heavy atom. The number of unbranched alkanes of at least 4 members (excludes halogenated alkanes) is 1. The molecule has 0 spiro atoms. The summed E-state index contributed by atoms with van der Waals surface area (Å²) in [6.07, 6.45) is 4.04. The Hall–Kier alpha value is -1.64. The van der Waals surface area contributed by atoms with E-state index in [9.17, 15) is 9.59 Å². The van der Waals surface area contributed by atoms with Gasteiger partial charge in [-0.05, 0) is 37.0 Å². The second kappa shape index (κ2) is 8.51. The molecule has 0 fully saturated rings. The van der Waals surface area contributed by atoms with Gasteiger partial charge in [-0.15, -0.1) is 0 Å². The van der Waals surface area contributed by atoms with Crippen molar-refractivity contribution >= 4 is 17.4 Å². The van der Waals surface area contributed by atoms with Crippen molar-refractivity contribution in [2.75, 3.05) is 5.32 Å². The number of hydrogen-bond acceptors (Lipinski definition) is 2. The molecule has 0 aliphatic rings. The van der Waals surface area contributed by atoms with Crippen LogP contribution >= 0.6 is 0 Å². The third kappa shape index (κ3) is 6.00. The molecule has 1 amide bonds. The molecular weight excluding hydrogens is 250 g/mol. The Kier molecular flexibility index (Phi) is 6.99. The lowest BCUT2D eigenvalue weighted by molar-refractivity contribution is -0.122. The van der Waals surface area contributed by atoms with E-state index in [1.54, 1.807) is 0 Å². The molecule has 0 heterocycles. The number of carbonyl (C=O) groups excluding carboxylic acids is 2. The van der Waals surface area contributed by atoms with E-state index in [-0.39, 0.29) is 11.8 Å². The summed E-state index contributed by atoms with van der Waals surface area (Å²) in [4.78, 5) is 22.9. The summed E-state index contributed by atoms with van der Waals surface area (Å²) in [7, 11) is 0. The van der Waals surface area contributed by atoms with Crippen molar-refractivity contribution < 1.29 is 9.59 Å². The largest absolute Gasteiger partial charge is 0.326 e. The van der Waals surface area contributed by atoms with Gasteiger partial charge in [0, 0.05) is 24.4 Å². The summed E-state index contributed by atoms with van der Waals surface area (Å²) in [6, 6.07) is 7.93. The summed E-state index contributed by atoms with van der Waals surface area (Å²) in [5.41, 5.74) is 2.06. The molecule has 0 saturated carbocycles. The first-order valence-corrected chi connectivity index (χ1v) is 7.44. The molecule has 0 atom stereocenters. The van der Waals surface area contributed by atoms with Crippen LogP contribution < -0.4 is 5.32 Å². The van der Waals surface area contributed by atoms with Gasteiger partial charge in [-0.1, -0.05) is 32.9 Å². The minimum absolute atomic E-state index is 0.0321. The number of carbonyl (C=O) groups is 2. The lowest BCUT2D eigenvalue weighted by atomic mass is 10.0. The Morgan fingerprint density at radius 3 is 2.60 bits per heavy atom. The van der Waals surface area contributed by atoms with Gasteiger partial charge in [-0.25, -0.2) is 0 Å². The Bertz CT molecular complexity index is 452. The minimum atomic E-state index is 0.0321. The van der Waals surface area contributed by atoms with Crippen LogP contribution in [-0.2, 0) is 16.0 Å². The van der Waals surface area contributed by atoms with E-state index >= 15 is 0 Å². The Balaban J connectivity index is 2.39. The molecule has 0 aliphatic carbocycles. The molecule has 0 unspecified atom stereocenters. The van der Waals surface area contributed by atoms with Gasteiger partial charge in [0.1, 0.15) is 5.78 Å². The highest BCUT2D eigenvalue weighted by Crippen LogP contribution is 2.14. The van der Waals surface area contributed by atoms with Gasteiger partial charge in [0.15, 0.2) is 0 Å². The summed E-state index contributed by atoms with van der Waals surface area (Å²) in [5.74, 6) is 0.515. The molecule has 1 rings (SSSR count). The monoisotopic (exact) mass is 275 g/mol. The molecule has 0 radical (unpaired) electrons. The predicted molar refractivity (Wildman–Crippen MR) is 82.8 cm³/mol.